The van der Waals surface area contributed by atoms with Gasteiger partial charge in [0.2, 0.25) is 0 Å². The van der Waals surface area contributed by atoms with E-state index in [1.807, 2.05) is 6.20 Å². The van der Waals surface area contributed by atoms with Gasteiger partial charge in [-0.15, -0.1) is 0 Å². The summed E-state index contributed by atoms with van der Waals surface area (Å²) in [6, 6.07) is 4.62. The van der Waals surface area contributed by atoms with E-state index >= 15 is 0 Å². The summed E-state index contributed by atoms with van der Waals surface area (Å²) in [4.78, 5) is 6.94. The fraction of sp³-hybridized carbons (Fsp3) is 0.688. The Balaban J connectivity index is 2.01. The number of anilines is 1. The van der Waals surface area contributed by atoms with Crippen LogP contribution in [0.25, 0.3) is 0 Å². The Morgan fingerprint density at radius 3 is 2.67 bits per heavy atom. The molecule has 1 saturated heterocycles. The van der Waals surface area contributed by atoms with E-state index in [1.54, 1.807) is 0 Å². The molecule has 118 valence electrons. The zero-order chi connectivity index (χ0) is 15.7. The van der Waals surface area contributed by atoms with Crippen LogP contribution in [0.5, 0.6) is 0 Å². The van der Waals surface area contributed by atoms with Gasteiger partial charge in [0.05, 0.1) is 12.6 Å². The minimum absolute atomic E-state index is 0.270. The molecule has 2 heterocycles. The van der Waals surface area contributed by atoms with E-state index in [9.17, 15) is 0 Å². The van der Waals surface area contributed by atoms with Gasteiger partial charge in [0.25, 0.3) is 0 Å². The summed E-state index contributed by atoms with van der Waals surface area (Å²) in [6.07, 6.45) is 4.30. The van der Waals surface area contributed by atoms with Crippen LogP contribution in [0.1, 0.15) is 33.6 Å². The van der Waals surface area contributed by atoms with E-state index < -0.39 is 8.32 Å². The molecule has 2 rings (SSSR count). The lowest BCUT2D eigenvalue weighted by atomic mass is 10.2. The van der Waals surface area contributed by atoms with E-state index in [2.05, 4.69) is 71.8 Å². The van der Waals surface area contributed by atoms with Crippen molar-refractivity contribution in [3.8, 4) is 0 Å². The van der Waals surface area contributed by atoms with Crippen molar-refractivity contribution in [3.63, 3.8) is 0 Å². The summed E-state index contributed by atoms with van der Waals surface area (Å²) in [5.74, 6) is 1.07. The highest BCUT2D eigenvalue weighted by Crippen LogP contribution is 2.37. The minimum Gasteiger partial charge on any atom is -0.415 e. The molecule has 1 aliphatic rings. The molecule has 0 aromatic carbocycles. The largest absolute Gasteiger partial charge is 0.415 e. The summed E-state index contributed by atoms with van der Waals surface area (Å²) in [6.45, 7) is 13.4. The first kappa shape index (κ1) is 17.0. The molecule has 0 saturated carbocycles. The lowest BCUT2D eigenvalue weighted by Gasteiger charge is -2.38. The molecule has 3 nitrogen and oxygen atoms in total. The number of nitrogens with zero attached hydrogens (tertiary/aromatic N) is 2. The summed E-state index contributed by atoms with van der Waals surface area (Å²) < 4.78 is 7.44. The predicted molar refractivity (Wildman–Crippen MR) is 95.5 cm³/mol. The monoisotopic (exact) mass is 370 g/mol. The van der Waals surface area contributed by atoms with Crippen LogP contribution in [0.15, 0.2) is 22.8 Å². The van der Waals surface area contributed by atoms with Crippen LogP contribution in [-0.4, -0.2) is 32.5 Å². The minimum atomic E-state index is -1.67. The van der Waals surface area contributed by atoms with Gasteiger partial charge < -0.3 is 9.33 Å². The van der Waals surface area contributed by atoms with E-state index in [0.717, 1.165) is 23.4 Å². The molecule has 0 unspecified atom stereocenters. The van der Waals surface area contributed by atoms with Gasteiger partial charge in [-0.05, 0) is 59.0 Å². The average molecular weight is 371 g/mol. The highest BCUT2D eigenvalue weighted by molar-refractivity contribution is 9.10. The average Bonchev–Trinajstić information content (AvgIpc) is 2.84. The quantitative estimate of drug-likeness (QED) is 0.709. The molecule has 21 heavy (non-hydrogen) atoms. The maximum Gasteiger partial charge on any atom is 0.192 e. The molecule has 5 heteroatoms. The zero-order valence-electron chi connectivity index (χ0n) is 13.8. The van der Waals surface area contributed by atoms with Gasteiger partial charge in [-0.3, -0.25) is 0 Å². The Kier molecular flexibility index (Phi) is 5.16. The van der Waals surface area contributed by atoms with Crippen LogP contribution >= 0.6 is 15.9 Å². The molecule has 1 aliphatic heterocycles. The van der Waals surface area contributed by atoms with Gasteiger partial charge in [-0.25, -0.2) is 4.98 Å². The van der Waals surface area contributed by atoms with Crippen molar-refractivity contribution in [1.29, 1.82) is 0 Å². The highest BCUT2D eigenvalue weighted by Gasteiger charge is 2.38. The maximum atomic E-state index is 6.41. The maximum absolute atomic E-state index is 6.41. The Bertz CT molecular complexity index is 470. The first-order valence-corrected chi connectivity index (χ1v) is 11.4. The molecule has 1 fully saturated rings. The van der Waals surface area contributed by atoms with Crippen LogP contribution in [0.4, 0.5) is 5.82 Å². The van der Waals surface area contributed by atoms with Crippen LogP contribution in [0.2, 0.25) is 18.1 Å². The second-order valence-corrected chi connectivity index (χ2v) is 13.1. The van der Waals surface area contributed by atoms with Crippen molar-refractivity contribution in [1.82, 2.24) is 4.98 Å². The Labute approximate surface area is 138 Å². The molecule has 1 aromatic heterocycles. The van der Waals surface area contributed by atoms with E-state index in [4.69, 9.17) is 4.43 Å². The standard InChI is InChI=1S/C16H27BrN2OSi/c1-16(2,3)21(4,5)20-12-14-7-6-10-19(14)15-9-8-13(17)11-18-15/h8-9,11,14H,6-7,10,12H2,1-5H3/t14-/m0/s1. The predicted octanol–water partition coefficient (Wildman–Crippen LogP) is 4.83. The van der Waals surface area contributed by atoms with Gasteiger partial charge >= 0.3 is 0 Å². The van der Waals surface area contributed by atoms with Crippen molar-refractivity contribution in [2.45, 2.75) is 57.8 Å². The third-order valence-electron chi connectivity index (χ3n) is 4.83. The Hall–Kier alpha value is -0.393. The second kappa shape index (κ2) is 6.38. The zero-order valence-corrected chi connectivity index (χ0v) is 16.4. The molecule has 0 aliphatic carbocycles. The summed E-state index contributed by atoms with van der Waals surface area (Å²) in [7, 11) is -1.67. The fourth-order valence-electron chi connectivity index (χ4n) is 2.37. The van der Waals surface area contributed by atoms with Gasteiger partial charge in [0, 0.05) is 17.2 Å². The first-order chi connectivity index (χ1) is 9.71. The number of hydrogen-bond acceptors (Lipinski definition) is 3. The number of aromatic nitrogens is 1. The second-order valence-electron chi connectivity index (χ2n) is 7.40. The van der Waals surface area contributed by atoms with Gasteiger partial charge in [-0.1, -0.05) is 20.8 Å². The van der Waals surface area contributed by atoms with Crippen LogP contribution < -0.4 is 4.90 Å². The number of halogens is 1. The van der Waals surface area contributed by atoms with Crippen LogP contribution in [0, 0.1) is 0 Å². The molecule has 1 aromatic rings. The highest BCUT2D eigenvalue weighted by atomic mass is 79.9. The number of rotatable bonds is 4. The summed E-state index contributed by atoms with van der Waals surface area (Å²) in [5.41, 5.74) is 0. The van der Waals surface area contributed by atoms with Crippen molar-refractivity contribution in [3.05, 3.63) is 22.8 Å². The SMILES string of the molecule is CC(C)(C)[Si](C)(C)OC[C@@H]1CCCN1c1ccc(Br)cn1. The Morgan fingerprint density at radius 1 is 1.38 bits per heavy atom. The fourth-order valence-corrected chi connectivity index (χ4v) is 3.65. The van der Waals surface area contributed by atoms with Crippen molar-refractivity contribution < 1.29 is 4.43 Å². The third-order valence-corrected chi connectivity index (χ3v) is 9.80. The Morgan fingerprint density at radius 2 is 2.10 bits per heavy atom. The molecule has 0 amide bonds. The topological polar surface area (TPSA) is 25.4 Å². The molecular formula is C16H27BrN2OSi. The molecule has 0 bridgehead atoms. The summed E-state index contributed by atoms with van der Waals surface area (Å²) >= 11 is 3.45. The third kappa shape index (κ3) is 4.08. The lowest BCUT2D eigenvalue weighted by Crippen LogP contribution is -2.45. The molecule has 0 spiro atoms. The van der Waals surface area contributed by atoms with Crippen molar-refractivity contribution >= 4 is 30.1 Å². The molecule has 0 radical (unpaired) electrons. The van der Waals surface area contributed by atoms with Crippen LogP contribution in [-0.2, 0) is 4.43 Å². The van der Waals surface area contributed by atoms with Crippen LogP contribution in [0.3, 0.4) is 0 Å². The van der Waals surface area contributed by atoms with Gasteiger partial charge in [0.1, 0.15) is 5.82 Å². The molecular weight excluding hydrogens is 344 g/mol. The van der Waals surface area contributed by atoms with E-state index in [0.29, 0.717) is 6.04 Å². The lowest BCUT2D eigenvalue weighted by molar-refractivity contribution is 0.263. The summed E-state index contributed by atoms with van der Waals surface area (Å²) in [5, 5.41) is 0.270. The van der Waals surface area contributed by atoms with E-state index in [1.165, 1.54) is 12.8 Å². The van der Waals surface area contributed by atoms with Gasteiger partial charge in [0.15, 0.2) is 8.32 Å². The van der Waals surface area contributed by atoms with Gasteiger partial charge in [-0.2, -0.15) is 0 Å². The normalized spacial score (nSPS) is 20.1. The molecule has 0 N–H and O–H groups in total. The van der Waals surface area contributed by atoms with Crippen molar-refractivity contribution in [2.24, 2.45) is 0 Å². The van der Waals surface area contributed by atoms with Crippen molar-refractivity contribution in [2.75, 3.05) is 18.1 Å². The number of hydrogen-bond donors (Lipinski definition) is 0. The smallest absolute Gasteiger partial charge is 0.192 e. The van der Waals surface area contributed by atoms with E-state index in [-0.39, 0.29) is 5.04 Å². The molecule has 1 atom stereocenters. The first-order valence-electron chi connectivity index (χ1n) is 7.73. The number of pyridine rings is 1.